The highest BCUT2D eigenvalue weighted by atomic mass is 35.5. The fourth-order valence-corrected chi connectivity index (χ4v) is 4.26. The number of nitrogens with two attached hydrogens (primary N) is 1. The summed E-state index contributed by atoms with van der Waals surface area (Å²) in [5.74, 6) is -0.123. The van der Waals surface area contributed by atoms with Gasteiger partial charge in [-0.25, -0.2) is 0 Å². The van der Waals surface area contributed by atoms with Crippen LogP contribution in [0, 0.1) is 0 Å². The zero-order valence-electron chi connectivity index (χ0n) is 15.3. The minimum Gasteiger partial charge on any atom is -0.336 e. The topological polar surface area (TPSA) is 75.4 Å². The fraction of sp³-hybridized carbons (Fsp3) is 0.400. The summed E-state index contributed by atoms with van der Waals surface area (Å²) in [7, 11) is 0. The number of nitrogens with one attached hydrogen (secondary N) is 1. The van der Waals surface area contributed by atoms with Crippen molar-refractivity contribution in [2.24, 2.45) is 5.73 Å². The number of carbonyl (C=O) groups excluding carboxylic acids is 2. The van der Waals surface area contributed by atoms with Crippen LogP contribution in [0.2, 0.25) is 5.02 Å². The van der Waals surface area contributed by atoms with Crippen LogP contribution in [-0.2, 0) is 11.3 Å². The lowest BCUT2D eigenvalue weighted by atomic mass is 9.90. The van der Waals surface area contributed by atoms with Gasteiger partial charge in [0.05, 0.1) is 4.88 Å². The van der Waals surface area contributed by atoms with Gasteiger partial charge in [-0.3, -0.25) is 9.59 Å². The molecule has 1 aromatic heterocycles. The SMILES string of the molecule is CC(=O)N(Cc1cc(NC(=O)c2cccs2)ccc1Cl)C1CCC(N)CC1. The van der Waals surface area contributed by atoms with Crippen LogP contribution in [0.25, 0.3) is 0 Å². The lowest BCUT2D eigenvalue weighted by molar-refractivity contribution is -0.132. The fourth-order valence-electron chi connectivity index (χ4n) is 3.47. The highest BCUT2D eigenvalue weighted by Crippen LogP contribution is 2.28. The minimum absolute atomic E-state index is 0.0274. The summed E-state index contributed by atoms with van der Waals surface area (Å²) in [5.41, 5.74) is 7.49. The standard InChI is InChI=1S/C20H24ClN3O2S/c1-13(25)24(17-7-4-15(22)5-8-17)12-14-11-16(6-9-18(14)21)23-20(26)19-3-2-10-27-19/h2-3,6,9-11,15,17H,4-5,7-8,12,22H2,1H3,(H,23,26). The predicted molar refractivity (Wildman–Crippen MR) is 110 cm³/mol. The van der Waals surface area contributed by atoms with Crippen LogP contribution in [0.1, 0.15) is 47.8 Å². The molecule has 0 aliphatic heterocycles. The maximum absolute atomic E-state index is 12.3. The lowest BCUT2D eigenvalue weighted by Crippen LogP contribution is -2.42. The second kappa shape index (κ2) is 8.87. The predicted octanol–water partition coefficient (Wildman–Crippen LogP) is 4.27. The molecule has 0 atom stereocenters. The Morgan fingerprint density at radius 1 is 1.26 bits per heavy atom. The van der Waals surface area contributed by atoms with E-state index in [1.807, 2.05) is 22.4 Å². The zero-order valence-corrected chi connectivity index (χ0v) is 16.9. The first-order valence-corrected chi connectivity index (χ1v) is 10.4. The molecule has 0 spiro atoms. The van der Waals surface area contributed by atoms with Gasteiger partial charge in [-0.1, -0.05) is 17.7 Å². The third kappa shape index (κ3) is 5.09. The van der Waals surface area contributed by atoms with E-state index in [0.717, 1.165) is 31.2 Å². The number of amides is 2. The first-order valence-electron chi connectivity index (χ1n) is 9.10. The van der Waals surface area contributed by atoms with Crippen molar-refractivity contribution in [2.45, 2.75) is 51.2 Å². The normalized spacial score (nSPS) is 19.5. The average molecular weight is 406 g/mol. The van der Waals surface area contributed by atoms with Crippen molar-refractivity contribution in [2.75, 3.05) is 5.32 Å². The number of carbonyl (C=O) groups is 2. The summed E-state index contributed by atoms with van der Waals surface area (Å²) in [6.45, 7) is 2.02. The van der Waals surface area contributed by atoms with Crippen molar-refractivity contribution in [3.8, 4) is 0 Å². The maximum Gasteiger partial charge on any atom is 0.265 e. The molecule has 0 radical (unpaired) electrons. The molecule has 7 heteroatoms. The average Bonchev–Trinajstić information content (AvgIpc) is 3.17. The van der Waals surface area contributed by atoms with E-state index in [-0.39, 0.29) is 23.9 Å². The number of anilines is 1. The van der Waals surface area contributed by atoms with E-state index in [9.17, 15) is 9.59 Å². The number of hydrogen-bond donors (Lipinski definition) is 2. The lowest BCUT2D eigenvalue weighted by Gasteiger charge is -2.35. The van der Waals surface area contributed by atoms with Crippen LogP contribution in [0.4, 0.5) is 5.69 Å². The number of nitrogens with zero attached hydrogens (tertiary/aromatic N) is 1. The Balaban J connectivity index is 1.74. The molecule has 5 nitrogen and oxygen atoms in total. The number of rotatable bonds is 5. The molecular formula is C20H24ClN3O2S. The van der Waals surface area contributed by atoms with Gasteiger partial charge >= 0.3 is 0 Å². The van der Waals surface area contributed by atoms with Gasteiger partial charge in [-0.15, -0.1) is 11.3 Å². The Labute approximate surface area is 168 Å². The number of hydrogen-bond acceptors (Lipinski definition) is 4. The van der Waals surface area contributed by atoms with E-state index >= 15 is 0 Å². The summed E-state index contributed by atoms with van der Waals surface area (Å²) in [4.78, 5) is 27.0. The molecule has 27 heavy (non-hydrogen) atoms. The number of halogens is 1. The molecule has 0 bridgehead atoms. The largest absolute Gasteiger partial charge is 0.336 e. The second-order valence-electron chi connectivity index (χ2n) is 6.95. The van der Waals surface area contributed by atoms with Crippen LogP contribution in [0.3, 0.4) is 0 Å². The number of benzene rings is 1. The summed E-state index contributed by atoms with van der Waals surface area (Å²) in [6.07, 6.45) is 3.68. The van der Waals surface area contributed by atoms with E-state index in [0.29, 0.717) is 22.1 Å². The van der Waals surface area contributed by atoms with Gasteiger partial charge in [0.15, 0.2) is 0 Å². The van der Waals surface area contributed by atoms with E-state index in [1.54, 1.807) is 25.1 Å². The minimum atomic E-state index is -0.150. The Morgan fingerprint density at radius 3 is 2.63 bits per heavy atom. The molecule has 144 valence electrons. The van der Waals surface area contributed by atoms with E-state index < -0.39 is 0 Å². The van der Waals surface area contributed by atoms with Crippen LogP contribution in [-0.4, -0.2) is 28.8 Å². The molecule has 3 N–H and O–H groups in total. The maximum atomic E-state index is 12.3. The molecule has 0 saturated heterocycles. The molecule has 0 unspecified atom stereocenters. The number of thiophene rings is 1. The molecular weight excluding hydrogens is 382 g/mol. The molecule has 1 saturated carbocycles. The Bertz CT molecular complexity index is 802. The van der Waals surface area contributed by atoms with E-state index in [1.165, 1.54) is 11.3 Å². The Morgan fingerprint density at radius 2 is 2.00 bits per heavy atom. The zero-order chi connectivity index (χ0) is 19.4. The van der Waals surface area contributed by atoms with E-state index in [2.05, 4.69) is 5.32 Å². The first kappa shape index (κ1) is 19.9. The summed E-state index contributed by atoms with van der Waals surface area (Å²) in [6, 6.07) is 9.41. The van der Waals surface area contributed by atoms with Crippen LogP contribution in [0.5, 0.6) is 0 Å². The molecule has 3 rings (SSSR count). The van der Waals surface area contributed by atoms with Crippen LogP contribution >= 0.6 is 22.9 Å². The monoisotopic (exact) mass is 405 g/mol. The van der Waals surface area contributed by atoms with Gasteiger partial charge in [0, 0.05) is 36.3 Å². The van der Waals surface area contributed by atoms with Crippen molar-refractivity contribution >= 4 is 40.4 Å². The summed E-state index contributed by atoms with van der Waals surface area (Å²) in [5, 5.41) is 5.34. The highest BCUT2D eigenvalue weighted by Gasteiger charge is 2.26. The van der Waals surface area contributed by atoms with Crippen molar-refractivity contribution < 1.29 is 9.59 Å². The van der Waals surface area contributed by atoms with Gasteiger partial charge in [-0.05, 0) is 60.9 Å². The van der Waals surface area contributed by atoms with Gasteiger partial charge in [0.25, 0.3) is 5.91 Å². The van der Waals surface area contributed by atoms with Gasteiger partial charge in [0.2, 0.25) is 5.91 Å². The highest BCUT2D eigenvalue weighted by molar-refractivity contribution is 7.12. The smallest absolute Gasteiger partial charge is 0.265 e. The van der Waals surface area contributed by atoms with Gasteiger partial charge in [0.1, 0.15) is 0 Å². The third-order valence-electron chi connectivity index (χ3n) is 4.98. The molecule has 2 aromatic rings. The molecule has 1 aliphatic rings. The van der Waals surface area contributed by atoms with Gasteiger partial charge < -0.3 is 16.0 Å². The third-order valence-corrected chi connectivity index (χ3v) is 6.21. The molecule has 1 aromatic carbocycles. The first-order chi connectivity index (χ1) is 12.9. The van der Waals surface area contributed by atoms with Crippen molar-refractivity contribution in [3.05, 3.63) is 51.2 Å². The Kier molecular flexibility index (Phi) is 6.52. The van der Waals surface area contributed by atoms with E-state index in [4.69, 9.17) is 17.3 Å². The summed E-state index contributed by atoms with van der Waals surface area (Å²) < 4.78 is 0. The molecule has 1 fully saturated rings. The quantitative estimate of drug-likeness (QED) is 0.779. The molecule has 1 aliphatic carbocycles. The second-order valence-corrected chi connectivity index (χ2v) is 8.31. The summed E-state index contributed by atoms with van der Waals surface area (Å²) >= 11 is 7.76. The van der Waals surface area contributed by atoms with Gasteiger partial charge in [-0.2, -0.15) is 0 Å². The van der Waals surface area contributed by atoms with Crippen molar-refractivity contribution in [1.82, 2.24) is 4.90 Å². The molecule has 1 heterocycles. The van der Waals surface area contributed by atoms with Crippen molar-refractivity contribution in [1.29, 1.82) is 0 Å². The van der Waals surface area contributed by atoms with Crippen LogP contribution < -0.4 is 11.1 Å². The van der Waals surface area contributed by atoms with Crippen molar-refractivity contribution in [3.63, 3.8) is 0 Å². The Hall–Kier alpha value is -1.89. The van der Waals surface area contributed by atoms with Crippen LogP contribution in [0.15, 0.2) is 35.7 Å². The molecule has 2 amide bonds.